The molecule has 1 heteroatoms. The first kappa shape index (κ1) is 19.5. The Kier molecular flexibility index (Phi) is 9.09. The molecule has 4 unspecified atom stereocenters. The minimum atomic E-state index is 0.583. The maximum absolute atomic E-state index is 5.83. The van der Waals surface area contributed by atoms with Gasteiger partial charge in [0.05, 0.1) is 0 Å². The molecule has 1 fully saturated rings. The van der Waals surface area contributed by atoms with Gasteiger partial charge in [-0.3, -0.25) is 0 Å². The van der Waals surface area contributed by atoms with Crippen molar-refractivity contribution in [3.05, 3.63) is 24.3 Å². The molecule has 0 aromatic heterocycles. The lowest BCUT2D eigenvalue weighted by Gasteiger charge is -2.23. The molecule has 1 nitrogen and oxygen atoms in total. The second-order valence-corrected chi connectivity index (χ2v) is 7.71. The van der Waals surface area contributed by atoms with Gasteiger partial charge in [0.1, 0.15) is 0 Å². The second kappa shape index (κ2) is 10.3. The normalized spacial score (nSPS) is 27.6. The van der Waals surface area contributed by atoms with Crippen molar-refractivity contribution in [2.45, 2.75) is 79.1 Å². The average Bonchev–Trinajstić information content (AvgIpc) is 3.12. The Morgan fingerprint density at radius 1 is 1.27 bits per heavy atom. The zero-order valence-corrected chi connectivity index (χ0v) is 15.5. The van der Waals surface area contributed by atoms with Crippen molar-refractivity contribution in [1.29, 1.82) is 0 Å². The quantitative estimate of drug-likeness (QED) is 0.342. The van der Waals surface area contributed by atoms with E-state index >= 15 is 0 Å². The molecular weight excluding hydrogens is 266 g/mol. The van der Waals surface area contributed by atoms with E-state index in [0.29, 0.717) is 17.3 Å². The van der Waals surface area contributed by atoms with Gasteiger partial charge in [0.15, 0.2) is 0 Å². The van der Waals surface area contributed by atoms with E-state index in [0.717, 1.165) is 12.5 Å². The van der Waals surface area contributed by atoms with Crippen molar-refractivity contribution in [1.82, 2.24) is 0 Å². The van der Waals surface area contributed by atoms with Gasteiger partial charge in [0, 0.05) is 0 Å². The smallest absolute Gasteiger partial charge is 0.00513 e. The summed E-state index contributed by atoms with van der Waals surface area (Å²) >= 11 is 0. The van der Waals surface area contributed by atoms with Crippen molar-refractivity contribution < 1.29 is 0 Å². The molecule has 2 N–H and O–H groups in total. The predicted octanol–water partition coefficient (Wildman–Crippen LogP) is 6.11. The van der Waals surface area contributed by atoms with E-state index in [1.807, 2.05) is 0 Å². The van der Waals surface area contributed by atoms with Gasteiger partial charge in [-0.05, 0) is 75.2 Å². The van der Waals surface area contributed by atoms with Crippen LogP contribution < -0.4 is 5.73 Å². The molecule has 1 aliphatic rings. The number of hydrogen-bond donors (Lipinski definition) is 1. The summed E-state index contributed by atoms with van der Waals surface area (Å²) in [5.74, 6) is 2.24. The van der Waals surface area contributed by atoms with Crippen LogP contribution in [0.3, 0.4) is 0 Å². The van der Waals surface area contributed by atoms with Crippen LogP contribution in [0.1, 0.15) is 79.1 Å². The van der Waals surface area contributed by atoms with Crippen molar-refractivity contribution in [2.24, 2.45) is 28.9 Å². The van der Waals surface area contributed by atoms with Crippen molar-refractivity contribution in [3.8, 4) is 0 Å². The Hall–Kier alpha value is -0.560. The zero-order chi connectivity index (χ0) is 16.4. The minimum Gasteiger partial charge on any atom is -0.330 e. The molecule has 0 aliphatic heterocycles. The highest BCUT2D eigenvalue weighted by molar-refractivity contribution is 5.07. The molecule has 0 saturated heterocycles. The van der Waals surface area contributed by atoms with Gasteiger partial charge in [-0.15, -0.1) is 0 Å². The summed E-state index contributed by atoms with van der Waals surface area (Å²) in [6.45, 7) is 9.95. The highest BCUT2D eigenvalue weighted by atomic mass is 14.6. The molecule has 0 heterocycles. The first-order valence-corrected chi connectivity index (χ1v) is 9.55. The van der Waals surface area contributed by atoms with E-state index in [-0.39, 0.29) is 0 Å². The molecule has 0 amide bonds. The molecule has 0 bridgehead atoms. The fourth-order valence-corrected chi connectivity index (χ4v) is 3.79. The van der Waals surface area contributed by atoms with E-state index < -0.39 is 0 Å². The lowest BCUT2D eigenvalue weighted by molar-refractivity contribution is 0.329. The lowest BCUT2D eigenvalue weighted by atomic mass is 9.82. The third-order valence-corrected chi connectivity index (χ3v) is 5.50. The summed E-state index contributed by atoms with van der Waals surface area (Å²) in [6.07, 6.45) is 20.1. The first-order chi connectivity index (χ1) is 10.6. The third kappa shape index (κ3) is 6.69. The molecule has 1 aliphatic carbocycles. The number of allylic oxidation sites excluding steroid dienone is 4. The standard InChI is InChI=1S/C21H39N/c1-5-7-8-9-10-11-13-21(15-19(21)4)16-20(12-6-2)14-18(3)17-22/h6,10-12,18-20H,5,7-9,13-17,22H2,1-4H3/b11-10+,12-6-. The van der Waals surface area contributed by atoms with Gasteiger partial charge in [0.25, 0.3) is 0 Å². The summed E-state index contributed by atoms with van der Waals surface area (Å²) in [7, 11) is 0. The lowest BCUT2D eigenvalue weighted by Crippen LogP contribution is -2.17. The minimum absolute atomic E-state index is 0.583. The fourth-order valence-electron chi connectivity index (χ4n) is 3.79. The van der Waals surface area contributed by atoms with E-state index in [4.69, 9.17) is 5.73 Å². The Morgan fingerprint density at radius 2 is 2.00 bits per heavy atom. The SMILES string of the molecule is C/C=C\C(CC(C)CN)CC1(C/C=C/CCCCC)CC1C. The molecule has 4 atom stereocenters. The summed E-state index contributed by atoms with van der Waals surface area (Å²) in [5, 5.41) is 0. The maximum Gasteiger partial charge on any atom is -0.00513 e. The van der Waals surface area contributed by atoms with Crippen LogP contribution in [0.15, 0.2) is 24.3 Å². The van der Waals surface area contributed by atoms with Crippen LogP contribution in [0.5, 0.6) is 0 Å². The number of rotatable bonds is 12. The summed E-state index contributed by atoms with van der Waals surface area (Å²) in [5.41, 5.74) is 6.41. The fraction of sp³-hybridized carbons (Fsp3) is 0.810. The molecule has 1 rings (SSSR count). The van der Waals surface area contributed by atoms with Crippen molar-refractivity contribution in [3.63, 3.8) is 0 Å². The van der Waals surface area contributed by atoms with E-state index in [1.54, 1.807) is 0 Å². The maximum atomic E-state index is 5.83. The zero-order valence-electron chi connectivity index (χ0n) is 15.5. The van der Waals surface area contributed by atoms with E-state index in [1.165, 1.54) is 51.4 Å². The van der Waals surface area contributed by atoms with Gasteiger partial charge in [-0.1, -0.05) is 57.9 Å². The topological polar surface area (TPSA) is 26.0 Å². The molecule has 0 spiro atoms. The number of hydrogen-bond acceptors (Lipinski definition) is 1. The van der Waals surface area contributed by atoms with Crippen LogP contribution >= 0.6 is 0 Å². The van der Waals surface area contributed by atoms with Crippen LogP contribution in [0.2, 0.25) is 0 Å². The van der Waals surface area contributed by atoms with Crippen LogP contribution in [-0.2, 0) is 0 Å². The van der Waals surface area contributed by atoms with E-state index in [9.17, 15) is 0 Å². The van der Waals surface area contributed by atoms with E-state index in [2.05, 4.69) is 52.0 Å². The Morgan fingerprint density at radius 3 is 2.55 bits per heavy atom. The largest absolute Gasteiger partial charge is 0.330 e. The Bertz CT molecular complexity index is 344. The van der Waals surface area contributed by atoms with Crippen LogP contribution in [0.4, 0.5) is 0 Å². The Balaban J connectivity index is 2.47. The molecule has 0 aromatic rings. The van der Waals surface area contributed by atoms with Crippen LogP contribution in [-0.4, -0.2) is 6.54 Å². The molecule has 128 valence electrons. The van der Waals surface area contributed by atoms with Crippen molar-refractivity contribution >= 4 is 0 Å². The van der Waals surface area contributed by atoms with Gasteiger partial charge in [-0.25, -0.2) is 0 Å². The van der Waals surface area contributed by atoms with Gasteiger partial charge < -0.3 is 5.73 Å². The van der Waals surface area contributed by atoms with Gasteiger partial charge in [-0.2, -0.15) is 0 Å². The second-order valence-electron chi connectivity index (χ2n) is 7.71. The molecule has 0 aromatic carbocycles. The monoisotopic (exact) mass is 305 g/mol. The highest BCUT2D eigenvalue weighted by Crippen LogP contribution is 2.59. The molecule has 0 radical (unpaired) electrons. The molecule has 1 saturated carbocycles. The van der Waals surface area contributed by atoms with Gasteiger partial charge >= 0.3 is 0 Å². The highest BCUT2D eigenvalue weighted by Gasteiger charge is 2.50. The summed E-state index contributed by atoms with van der Waals surface area (Å²) in [4.78, 5) is 0. The Labute approximate surface area is 139 Å². The summed E-state index contributed by atoms with van der Waals surface area (Å²) < 4.78 is 0. The summed E-state index contributed by atoms with van der Waals surface area (Å²) in [6, 6.07) is 0. The average molecular weight is 306 g/mol. The number of unbranched alkanes of at least 4 members (excludes halogenated alkanes) is 3. The van der Waals surface area contributed by atoms with Crippen molar-refractivity contribution in [2.75, 3.05) is 6.54 Å². The van der Waals surface area contributed by atoms with Crippen LogP contribution in [0.25, 0.3) is 0 Å². The first-order valence-electron chi connectivity index (χ1n) is 9.55. The molecule has 22 heavy (non-hydrogen) atoms. The predicted molar refractivity (Wildman–Crippen MR) is 99.9 cm³/mol. The third-order valence-electron chi connectivity index (χ3n) is 5.50. The van der Waals surface area contributed by atoms with Gasteiger partial charge in [0.2, 0.25) is 0 Å². The molecular formula is C21H39N. The number of nitrogens with two attached hydrogens (primary N) is 1. The van der Waals surface area contributed by atoms with Crippen LogP contribution in [0, 0.1) is 23.2 Å².